The van der Waals surface area contributed by atoms with Crippen LogP contribution in [0, 0.1) is 5.41 Å². The van der Waals surface area contributed by atoms with E-state index in [0.29, 0.717) is 30.5 Å². The highest BCUT2D eigenvalue weighted by molar-refractivity contribution is 6.31. The lowest BCUT2D eigenvalue weighted by Crippen LogP contribution is -2.70. The topological polar surface area (TPSA) is 127 Å². The predicted octanol–water partition coefficient (Wildman–Crippen LogP) is 1.12. The third-order valence-corrected chi connectivity index (χ3v) is 7.59. The van der Waals surface area contributed by atoms with Gasteiger partial charge in [0.15, 0.2) is 5.41 Å². The molecule has 1 atom stereocenters. The first-order valence-electron chi connectivity index (χ1n) is 12.0. The maximum Gasteiger partial charge on any atom is 0.332 e. The Morgan fingerprint density at radius 1 is 1.06 bits per heavy atom. The number of barbiturate groups is 2. The molecule has 4 heterocycles. The van der Waals surface area contributed by atoms with Gasteiger partial charge in [-0.1, -0.05) is 13.0 Å². The molecule has 1 aromatic carbocycles. The molecule has 3 fully saturated rings. The van der Waals surface area contributed by atoms with Gasteiger partial charge in [-0.3, -0.25) is 39.2 Å². The van der Waals surface area contributed by atoms with Gasteiger partial charge in [0.1, 0.15) is 5.57 Å². The third kappa shape index (κ3) is 3.18. The zero-order valence-electron chi connectivity index (χ0n) is 20.4. The summed E-state index contributed by atoms with van der Waals surface area (Å²) >= 11 is 0. The Morgan fingerprint density at radius 3 is 2.42 bits per heavy atom. The van der Waals surface area contributed by atoms with E-state index >= 15 is 0 Å². The predicted molar refractivity (Wildman–Crippen MR) is 127 cm³/mol. The fourth-order valence-corrected chi connectivity index (χ4v) is 5.92. The van der Waals surface area contributed by atoms with Crippen molar-refractivity contribution in [3.63, 3.8) is 0 Å². The van der Waals surface area contributed by atoms with Crippen LogP contribution in [-0.4, -0.2) is 83.6 Å². The van der Waals surface area contributed by atoms with Gasteiger partial charge in [0.25, 0.3) is 11.8 Å². The number of fused-ring (bicyclic) bond motifs is 4. The lowest BCUT2D eigenvalue weighted by atomic mass is 9.68. The number of carbonyl (C=O) groups excluding carboxylic acids is 6. The normalized spacial score (nSPS) is 24.6. The summed E-state index contributed by atoms with van der Waals surface area (Å²) in [7, 11) is 2.78. The SMILES string of the molecule is CCCN1C(=O)NC(=O)/C(=C\c2ccc3c(c2)CC2(C(=O)N(C)C(=O)N(C)C2=O)[C@H]2CCCN32)C1=O. The Labute approximate surface area is 207 Å². The number of rotatable bonds is 3. The van der Waals surface area contributed by atoms with E-state index in [1.807, 2.05) is 13.0 Å². The summed E-state index contributed by atoms with van der Waals surface area (Å²) in [5, 5.41) is 2.20. The van der Waals surface area contributed by atoms with Gasteiger partial charge >= 0.3 is 12.1 Å². The molecule has 11 heteroatoms. The van der Waals surface area contributed by atoms with Gasteiger partial charge in [-0.05, 0) is 55.0 Å². The lowest BCUT2D eigenvalue weighted by Gasteiger charge is -2.50. The molecule has 4 aliphatic rings. The summed E-state index contributed by atoms with van der Waals surface area (Å²) in [4.78, 5) is 81.9. The average molecular weight is 494 g/mol. The van der Waals surface area contributed by atoms with Crippen molar-refractivity contribution in [2.75, 3.05) is 32.1 Å². The maximum absolute atomic E-state index is 13.5. The van der Waals surface area contributed by atoms with Crippen LogP contribution in [-0.2, 0) is 25.6 Å². The fraction of sp³-hybridized carbons (Fsp3) is 0.440. The molecule has 4 aliphatic heterocycles. The summed E-state index contributed by atoms with van der Waals surface area (Å²) in [6.07, 6.45) is 3.51. The maximum atomic E-state index is 13.5. The molecule has 5 rings (SSSR count). The van der Waals surface area contributed by atoms with E-state index in [1.165, 1.54) is 20.2 Å². The smallest absolute Gasteiger partial charge is 0.332 e. The first kappa shape index (κ1) is 23.7. The highest BCUT2D eigenvalue weighted by atomic mass is 16.2. The average Bonchev–Trinajstić information content (AvgIpc) is 3.36. The number of anilines is 1. The second kappa shape index (κ2) is 8.28. The number of carbonyl (C=O) groups is 6. The zero-order valence-corrected chi connectivity index (χ0v) is 20.4. The lowest BCUT2D eigenvalue weighted by molar-refractivity contribution is -0.159. The monoisotopic (exact) mass is 493 g/mol. The van der Waals surface area contributed by atoms with Crippen LogP contribution < -0.4 is 10.2 Å². The molecular weight excluding hydrogens is 466 g/mol. The molecule has 36 heavy (non-hydrogen) atoms. The molecule has 1 spiro atoms. The van der Waals surface area contributed by atoms with Crippen LogP contribution in [0.25, 0.3) is 6.08 Å². The van der Waals surface area contributed by atoms with E-state index in [-0.39, 0.29) is 24.6 Å². The molecule has 11 nitrogen and oxygen atoms in total. The highest BCUT2D eigenvalue weighted by Gasteiger charge is 2.63. The van der Waals surface area contributed by atoms with Gasteiger partial charge in [-0.2, -0.15) is 0 Å². The first-order chi connectivity index (χ1) is 17.1. The molecule has 0 saturated carbocycles. The van der Waals surface area contributed by atoms with Crippen molar-refractivity contribution in [1.82, 2.24) is 20.0 Å². The van der Waals surface area contributed by atoms with Crippen molar-refractivity contribution in [1.29, 1.82) is 0 Å². The van der Waals surface area contributed by atoms with E-state index in [1.54, 1.807) is 12.1 Å². The van der Waals surface area contributed by atoms with E-state index < -0.39 is 41.1 Å². The number of hydrogen-bond donors (Lipinski definition) is 1. The Hall–Kier alpha value is -4.02. The fourth-order valence-electron chi connectivity index (χ4n) is 5.92. The van der Waals surface area contributed by atoms with Crippen molar-refractivity contribution >= 4 is 47.5 Å². The molecule has 8 amide bonds. The van der Waals surface area contributed by atoms with Crippen LogP contribution in [0.15, 0.2) is 23.8 Å². The summed E-state index contributed by atoms with van der Waals surface area (Å²) < 4.78 is 0. The highest BCUT2D eigenvalue weighted by Crippen LogP contribution is 2.49. The Morgan fingerprint density at radius 2 is 1.75 bits per heavy atom. The van der Waals surface area contributed by atoms with Crippen LogP contribution in [0.3, 0.4) is 0 Å². The summed E-state index contributed by atoms with van der Waals surface area (Å²) in [6.45, 7) is 2.67. The summed E-state index contributed by atoms with van der Waals surface area (Å²) in [5.74, 6) is -2.47. The third-order valence-electron chi connectivity index (χ3n) is 7.59. The minimum Gasteiger partial charge on any atom is -0.367 e. The summed E-state index contributed by atoms with van der Waals surface area (Å²) in [5.41, 5.74) is 0.525. The van der Waals surface area contributed by atoms with Gasteiger partial charge in [-0.15, -0.1) is 0 Å². The van der Waals surface area contributed by atoms with Crippen LogP contribution in [0.2, 0.25) is 0 Å². The number of urea groups is 2. The van der Waals surface area contributed by atoms with E-state index in [0.717, 1.165) is 26.8 Å². The van der Waals surface area contributed by atoms with Gasteiger partial charge in [-0.25, -0.2) is 9.59 Å². The van der Waals surface area contributed by atoms with Crippen LogP contribution in [0.4, 0.5) is 15.3 Å². The number of hydrogen-bond acceptors (Lipinski definition) is 7. The van der Waals surface area contributed by atoms with E-state index in [4.69, 9.17) is 0 Å². The largest absolute Gasteiger partial charge is 0.367 e. The van der Waals surface area contributed by atoms with Crippen molar-refractivity contribution in [2.45, 2.75) is 38.6 Å². The minimum atomic E-state index is -1.44. The van der Waals surface area contributed by atoms with E-state index in [2.05, 4.69) is 10.2 Å². The number of nitrogens with one attached hydrogen (secondary N) is 1. The standard InChI is InChI=1S/C25H27N5O6/c1-4-9-30-20(32)16(19(31)26-23(30)35)12-14-7-8-17-15(11-14)13-25(18-6-5-10-29(17)18)21(33)27(2)24(36)28(3)22(25)34/h7-8,11-12,18H,4-6,9-10,13H2,1-3H3,(H,26,31,35)/b16-12+/t18-/m1/s1. The second-order valence-corrected chi connectivity index (χ2v) is 9.67. The van der Waals surface area contributed by atoms with E-state index in [9.17, 15) is 28.8 Å². The Balaban J connectivity index is 1.57. The van der Waals surface area contributed by atoms with Crippen molar-refractivity contribution < 1.29 is 28.8 Å². The van der Waals surface area contributed by atoms with Gasteiger partial charge in [0.2, 0.25) is 11.8 Å². The molecule has 3 saturated heterocycles. The molecule has 0 unspecified atom stereocenters. The number of imide groups is 4. The molecule has 188 valence electrons. The van der Waals surface area contributed by atoms with Crippen LogP contribution in [0.5, 0.6) is 0 Å². The van der Waals surface area contributed by atoms with Crippen molar-refractivity contribution in [3.8, 4) is 0 Å². The van der Waals surface area contributed by atoms with Gasteiger partial charge in [0.05, 0.1) is 6.04 Å². The first-order valence-corrected chi connectivity index (χ1v) is 12.0. The van der Waals surface area contributed by atoms with Gasteiger partial charge < -0.3 is 4.90 Å². The Bertz CT molecular complexity index is 1250. The minimum absolute atomic E-state index is 0.0979. The van der Waals surface area contributed by atoms with Crippen LogP contribution >= 0.6 is 0 Å². The second-order valence-electron chi connectivity index (χ2n) is 9.67. The van der Waals surface area contributed by atoms with Crippen molar-refractivity contribution in [3.05, 3.63) is 34.9 Å². The van der Waals surface area contributed by atoms with Crippen molar-refractivity contribution in [2.24, 2.45) is 5.41 Å². The number of amides is 8. The molecule has 0 aromatic heterocycles. The molecule has 0 radical (unpaired) electrons. The van der Waals surface area contributed by atoms with Gasteiger partial charge in [0, 0.05) is 32.9 Å². The molecule has 0 bridgehead atoms. The number of nitrogens with zero attached hydrogens (tertiary/aromatic N) is 4. The van der Waals surface area contributed by atoms with Crippen LogP contribution in [0.1, 0.15) is 37.3 Å². The molecular formula is C25H27N5O6. The number of benzene rings is 1. The molecule has 1 N–H and O–H groups in total. The zero-order chi connectivity index (χ0) is 25.9. The molecule has 1 aromatic rings. The molecule has 0 aliphatic carbocycles. The Kier molecular flexibility index (Phi) is 5.46. The quantitative estimate of drug-likeness (QED) is 0.380. The summed E-state index contributed by atoms with van der Waals surface area (Å²) in [6, 6.07) is 3.63.